The van der Waals surface area contributed by atoms with Gasteiger partial charge in [0.25, 0.3) is 11.8 Å². The average Bonchev–Trinajstić information content (AvgIpc) is 2.99. The van der Waals surface area contributed by atoms with Gasteiger partial charge in [-0.15, -0.1) is 0 Å². The first-order valence-corrected chi connectivity index (χ1v) is 10.8. The number of benzene rings is 2. The zero-order valence-electron chi connectivity index (χ0n) is 16.1. The van der Waals surface area contributed by atoms with Crippen LogP contribution in [0.4, 0.5) is 5.69 Å². The van der Waals surface area contributed by atoms with Gasteiger partial charge in [0.1, 0.15) is 16.4 Å². The van der Waals surface area contributed by atoms with Gasteiger partial charge in [-0.3, -0.25) is 9.59 Å². The number of nitrogens with zero attached hydrogens (tertiary/aromatic N) is 2. The molecule has 0 aliphatic carbocycles. The Bertz CT molecular complexity index is 1020. The maximum Gasteiger partial charge on any atom is 0.283 e. The quantitative estimate of drug-likeness (QED) is 0.617. The topological polar surface area (TPSA) is 59.1 Å². The zero-order chi connectivity index (χ0) is 21.3. The minimum atomic E-state index is -0.415. The Balaban J connectivity index is 1.77. The van der Waals surface area contributed by atoms with Gasteiger partial charge in [-0.2, -0.15) is 0 Å². The van der Waals surface area contributed by atoms with Crippen LogP contribution in [0, 0.1) is 0 Å². The van der Waals surface area contributed by atoms with Crippen molar-refractivity contribution in [2.24, 2.45) is 0 Å². The van der Waals surface area contributed by atoms with Crippen molar-refractivity contribution in [2.75, 3.05) is 38.3 Å². The number of hydrogen-bond donors (Lipinski definition) is 0. The van der Waals surface area contributed by atoms with Gasteiger partial charge < -0.3 is 14.4 Å². The highest BCUT2D eigenvalue weighted by Crippen LogP contribution is 2.42. The summed E-state index contributed by atoms with van der Waals surface area (Å²) in [5, 5.41) is 0.999. The van der Waals surface area contributed by atoms with Crippen LogP contribution in [0.2, 0.25) is 10.0 Å². The monoisotopic (exact) mass is 464 g/mol. The van der Waals surface area contributed by atoms with Crippen molar-refractivity contribution in [1.29, 1.82) is 0 Å². The van der Waals surface area contributed by atoms with Crippen molar-refractivity contribution < 1.29 is 19.1 Å². The van der Waals surface area contributed by atoms with E-state index < -0.39 is 11.8 Å². The molecule has 0 aromatic heterocycles. The van der Waals surface area contributed by atoms with Crippen LogP contribution in [0.5, 0.6) is 5.75 Å². The Morgan fingerprint density at radius 2 is 1.63 bits per heavy atom. The van der Waals surface area contributed by atoms with E-state index in [1.165, 1.54) is 18.9 Å². The number of carbonyl (C=O) groups excluding carboxylic acids is 2. The fourth-order valence-corrected chi connectivity index (χ4v) is 4.62. The summed E-state index contributed by atoms with van der Waals surface area (Å²) in [6.45, 7) is 2.04. The lowest BCUT2D eigenvalue weighted by atomic mass is 10.2. The molecule has 0 saturated carbocycles. The van der Waals surface area contributed by atoms with E-state index >= 15 is 0 Å². The number of amides is 2. The second-order valence-electron chi connectivity index (χ2n) is 6.60. The largest absolute Gasteiger partial charge is 0.495 e. The first-order chi connectivity index (χ1) is 14.5. The van der Waals surface area contributed by atoms with Crippen molar-refractivity contribution in [3.8, 4) is 5.75 Å². The summed E-state index contributed by atoms with van der Waals surface area (Å²) < 4.78 is 10.8. The molecule has 0 N–H and O–H groups in total. The summed E-state index contributed by atoms with van der Waals surface area (Å²) in [5.74, 6) is -0.430. The van der Waals surface area contributed by atoms with Gasteiger partial charge in [-0.25, -0.2) is 4.90 Å². The van der Waals surface area contributed by atoms with Crippen LogP contribution in [0.25, 0.3) is 0 Å². The van der Waals surface area contributed by atoms with Gasteiger partial charge in [0, 0.05) is 28.0 Å². The van der Waals surface area contributed by atoms with Gasteiger partial charge in [-0.05, 0) is 42.5 Å². The van der Waals surface area contributed by atoms with Crippen LogP contribution in [0.15, 0.2) is 58.0 Å². The molecule has 156 valence electrons. The molecule has 1 saturated heterocycles. The SMILES string of the molecule is COc1ccc(Cl)cc1N1C(=O)C(Sc2ccc(Cl)cc2)=C(N2CCOCC2)C1=O. The number of carbonyl (C=O) groups is 2. The van der Waals surface area contributed by atoms with Crippen molar-refractivity contribution in [3.63, 3.8) is 0 Å². The molecule has 30 heavy (non-hydrogen) atoms. The molecular formula is C21H18Cl2N2O4S. The van der Waals surface area contributed by atoms with Crippen LogP contribution >= 0.6 is 35.0 Å². The molecule has 0 radical (unpaired) electrons. The normalized spacial score (nSPS) is 17.2. The molecule has 0 spiro atoms. The summed E-state index contributed by atoms with van der Waals surface area (Å²) in [4.78, 5) is 31.1. The standard InChI is InChI=1S/C21H18Cl2N2O4S/c1-28-17-7-4-14(23)12-16(17)25-20(26)18(24-8-10-29-11-9-24)19(21(25)27)30-15-5-2-13(22)3-6-15/h2-7,12H,8-11H2,1H3. The fourth-order valence-electron chi connectivity index (χ4n) is 3.33. The van der Waals surface area contributed by atoms with Crippen LogP contribution in [0.3, 0.4) is 0 Å². The minimum Gasteiger partial charge on any atom is -0.495 e. The van der Waals surface area contributed by atoms with E-state index in [4.69, 9.17) is 32.7 Å². The third kappa shape index (κ3) is 4.03. The highest BCUT2D eigenvalue weighted by molar-refractivity contribution is 8.04. The molecule has 2 aliphatic rings. The minimum absolute atomic E-state index is 0.317. The Morgan fingerprint density at radius 3 is 2.30 bits per heavy atom. The average molecular weight is 465 g/mol. The Kier molecular flexibility index (Phi) is 6.24. The molecule has 2 aliphatic heterocycles. The number of ether oxygens (including phenoxy) is 2. The van der Waals surface area contributed by atoms with E-state index in [0.29, 0.717) is 58.4 Å². The smallest absolute Gasteiger partial charge is 0.283 e. The van der Waals surface area contributed by atoms with E-state index in [-0.39, 0.29) is 0 Å². The van der Waals surface area contributed by atoms with E-state index in [2.05, 4.69) is 0 Å². The number of imide groups is 1. The summed E-state index contributed by atoms with van der Waals surface area (Å²) in [7, 11) is 1.48. The molecule has 2 aromatic carbocycles. The zero-order valence-corrected chi connectivity index (χ0v) is 18.4. The third-order valence-electron chi connectivity index (χ3n) is 4.76. The van der Waals surface area contributed by atoms with E-state index in [0.717, 1.165) is 9.80 Å². The molecule has 2 aromatic rings. The molecule has 0 bridgehead atoms. The number of methoxy groups -OCH3 is 1. The molecule has 1 fully saturated rings. The Labute approximate surface area is 188 Å². The second-order valence-corrected chi connectivity index (χ2v) is 8.55. The molecule has 0 atom stereocenters. The predicted octanol–water partition coefficient (Wildman–Crippen LogP) is 4.21. The van der Waals surface area contributed by atoms with Gasteiger partial charge in [0.15, 0.2) is 0 Å². The number of halogens is 2. The maximum atomic E-state index is 13.5. The molecule has 0 unspecified atom stereocenters. The molecule has 6 nitrogen and oxygen atoms in total. The van der Waals surface area contributed by atoms with Crippen molar-refractivity contribution >= 4 is 52.5 Å². The lowest BCUT2D eigenvalue weighted by Gasteiger charge is -2.29. The second kappa shape index (κ2) is 8.89. The lowest BCUT2D eigenvalue weighted by molar-refractivity contribution is -0.121. The summed E-state index contributed by atoms with van der Waals surface area (Å²) in [5.41, 5.74) is 0.683. The predicted molar refractivity (Wildman–Crippen MR) is 117 cm³/mol. The van der Waals surface area contributed by atoms with Gasteiger partial charge in [0.2, 0.25) is 0 Å². The highest BCUT2D eigenvalue weighted by Gasteiger charge is 2.43. The molecule has 9 heteroatoms. The van der Waals surface area contributed by atoms with Crippen LogP contribution in [-0.4, -0.2) is 50.1 Å². The molecule has 2 heterocycles. The number of thioether (sulfide) groups is 1. The first-order valence-electron chi connectivity index (χ1n) is 9.22. The van der Waals surface area contributed by atoms with Crippen molar-refractivity contribution in [3.05, 3.63) is 63.1 Å². The lowest BCUT2D eigenvalue weighted by Crippen LogP contribution is -2.40. The number of hydrogen-bond acceptors (Lipinski definition) is 6. The highest BCUT2D eigenvalue weighted by atomic mass is 35.5. The van der Waals surface area contributed by atoms with Gasteiger partial charge in [-0.1, -0.05) is 35.0 Å². The van der Waals surface area contributed by atoms with Crippen LogP contribution in [-0.2, 0) is 14.3 Å². The summed E-state index contributed by atoms with van der Waals surface area (Å²) in [6, 6.07) is 12.0. The maximum absolute atomic E-state index is 13.5. The Morgan fingerprint density at radius 1 is 0.967 bits per heavy atom. The molecule has 2 amide bonds. The fraction of sp³-hybridized carbons (Fsp3) is 0.238. The van der Waals surface area contributed by atoms with Crippen LogP contribution in [0.1, 0.15) is 0 Å². The number of morpholine rings is 1. The van der Waals surface area contributed by atoms with Gasteiger partial charge >= 0.3 is 0 Å². The Hall–Kier alpha value is -2.19. The van der Waals surface area contributed by atoms with Gasteiger partial charge in [0.05, 0.1) is 26.0 Å². The first kappa shape index (κ1) is 21.1. The van der Waals surface area contributed by atoms with Crippen molar-refractivity contribution in [1.82, 2.24) is 4.90 Å². The molecule has 4 rings (SSSR count). The summed E-state index contributed by atoms with van der Waals surface area (Å²) in [6.07, 6.45) is 0. The van der Waals surface area contributed by atoms with Crippen molar-refractivity contribution in [2.45, 2.75) is 4.90 Å². The van der Waals surface area contributed by atoms with E-state index in [1.807, 2.05) is 17.0 Å². The summed E-state index contributed by atoms with van der Waals surface area (Å²) >= 11 is 13.4. The number of anilines is 1. The third-order valence-corrected chi connectivity index (χ3v) is 6.33. The van der Waals surface area contributed by atoms with E-state index in [9.17, 15) is 9.59 Å². The number of rotatable bonds is 5. The molecular weight excluding hydrogens is 447 g/mol. The van der Waals surface area contributed by atoms with E-state index in [1.54, 1.807) is 30.3 Å². The van der Waals surface area contributed by atoms with Crippen LogP contribution < -0.4 is 9.64 Å².